The first kappa shape index (κ1) is 14.5. The first-order valence-electron chi connectivity index (χ1n) is 7.09. The summed E-state index contributed by atoms with van der Waals surface area (Å²) in [4.78, 5) is 36.9. The lowest BCUT2D eigenvalue weighted by molar-refractivity contribution is -0.149. The molecule has 1 N–H and O–H groups in total. The zero-order valence-electron chi connectivity index (χ0n) is 12.1. The minimum atomic E-state index is -0.818. The summed E-state index contributed by atoms with van der Waals surface area (Å²) in [5.41, 5.74) is -0.818. The van der Waals surface area contributed by atoms with Crippen molar-refractivity contribution in [3.8, 4) is 0 Å². The summed E-state index contributed by atoms with van der Waals surface area (Å²) >= 11 is 0. The fourth-order valence-electron chi connectivity index (χ4n) is 2.85. The molecule has 9 nitrogen and oxygen atoms in total. The second-order valence-electron chi connectivity index (χ2n) is 5.49. The van der Waals surface area contributed by atoms with E-state index >= 15 is 0 Å². The Hall–Kier alpha value is -2.45. The predicted octanol–water partition coefficient (Wildman–Crippen LogP) is 0.286. The van der Waals surface area contributed by atoms with E-state index in [0.717, 1.165) is 17.7 Å². The van der Waals surface area contributed by atoms with E-state index in [0.29, 0.717) is 18.7 Å². The largest absolute Gasteiger partial charge is 0.454 e. The third-order valence-electron chi connectivity index (χ3n) is 3.91. The lowest BCUT2D eigenvalue weighted by Gasteiger charge is -2.19. The Bertz CT molecular complexity index is 620. The van der Waals surface area contributed by atoms with Gasteiger partial charge in [0, 0.05) is 6.92 Å². The van der Waals surface area contributed by atoms with Crippen molar-refractivity contribution in [2.24, 2.45) is 0 Å². The lowest BCUT2D eigenvalue weighted by atomic mass is 9.98. The van der Waals surface area contributed by atoms with Crippen molar-refractivity contribution in [3.05, 3.63) is 11.8 Å². The topological polar surface area (TPSA) is 115 Å². The number of hydrogen-bond donors (Lipinski definition) is 1. The Balaban J connectivity index is 1.57. The number of nitrogens with one attached hydrogen (secondary N) is 1. The van der Waals surface area contributed by atoms with Gasteiger partial charge in [-0.05, 0) is 12.8 Å². The van der Waals surface area contributed by atoms with Crippen molar-refractivity contribution in [2.75, 3.05) is 6.54 Å². The minimum Gasteiger partial charge on any atom is -0.454 e. The normalized spacial score (nSPS) is 19.8. The van der Waals surface area contributed by atoms with Crippen molar-refractivity contribution in [1.82, 2.24) is 20.4 Å². The number of rotatable bonds is 4. The molecule has 1 aromatic heterocycles. The molecule has 1 aliphatic heterocycles. The van der Waals surface area contributed by atoms with Gasteiger partial charge in [-0.25, -0.2) is 4.79 Å². The summed E-state index contributed by atoms with van der Waals surface area (Å²) in [6.07, 6.45) is 3.01. The summed E-state index contributed by atoms with van der Waals surface area (Å²) in [6, 6.07) is -0.544. The molecule has 0 aromatic carbocycles. The molecule has 2 aliphatic rings. The Morgan fingerprint density at radius 2 is 2.09 bits per heavy atom. The average molecular weight is 308 g/mol. The van der Waals surface area contributed by atoms with Crippen molar-refractivity contribution >= 4 is 17.9 Å². The Labute approximate surface area is 126 Å². The molecule has 2 fully saturated rings. The number of aromatic nitrogens is 2. The highest BCUT2D eigenvalue weighted by atomic mass is 16.5. The Kier molecular flexibility index (Phi) is 3.55. The van der Waals surface area contributed by atoms with E-state index in [9.17, 15) is 14.4 Å². The molecule has 9 heteroatoms. The number of urea groups is 1. The molecule has 2 heterocycles. The van der Waals surface area contributed by atoms with Crippen molar-refractivity contribution in [1.29, 1.82) is 0 Å². The van der Waals surface area contributed by atoms with E-state index < -0.39 is 24.1 Å². The molecule has 1 aliphatic carbocycles. The van der Waals surface area contributed by atoms with Gasteiger partial charge in [-0.3, -0.25) is 14.5 Å². The van der Waals surface area contributed by atoms with Gasteiger partial charge >= 0.3 is 12.0 Å². The first-order valence-corrected chi connectivity index (χ1v) is 7.09. The van der Waals surface area contributed by atoms with Gasteiger partial charge in [-0.15, -0.1) is 10.2 Å². The maximum absolute atomic E-state index is 12.3. The number of hydrogen-bond acceptors (Lipinski definition) is 7. The smallest absolute Gasteiger partial charge is 0.326 e. The molecular weight excluding hydrogens is 292 g/mol. The summed E-state index contributed by atoms with van der Waals surface area (Å²) in [5.74, 6) is -0.520. The standard InChI is InChI=1S/C13H16N4O5/c1-8-15-16-9(22-8)7-21-10(18)6-17-11(19)13(14-12(17)20)4-2-3-5-13/h2-7H2,1H3,(H,14,20). The highest BCUT2D eigenvalue weighted by Gasteiger charge is 2.52. The maximum Gasteiger partial charge on any atom is 0.326 e. The maximum atomic E-state index is 12.3. The SMILES string of the molecule is Cc1nnc(COC(=O)CN2C(=O)NC3(CCCC3)C2=O)o1. The van der Waals surface area contributed by atoms with E-state index in [-0.39, 0.29) is 18.4 Å². The van der Waals surface area contributed by atoms with Crippen LogP contribution in [-0.4, -0.2) is 45.1 Å². The number of amides is 3. The minimum absolute atomic E-state index is 0.162. The van der Waals surface area contributed by atoms with Gasteiger partial charge in [0.05, 0.1) is 0 Å². The predicted molar refractivity (Wildman–Crippen MR) is 70.3 cm³/mol. The van der Waals surface area contributed by atoms with Crippen LogP contribution in [0.15, 0.2) is 4.42 Å². The fourth-order valence-corrected chi connectivity index (χ4v) is 2.85. The van der Waals surface area contributed by atoms with Gasteiger partial charge in [0.15, 0.2) is 6.61 Å². The van der Waals surface area contributed by atoms with Crippen LogP contribution in [0.1, 0.15) is 37.5 Å². The van der Waals surface area contributed by atoms with Crippen LogP contribution in [0, 0.1) is 6.92 Å². The van der Waals surface area contributed by atoms with Crippen LogP contribution >= 0.6 is 0 Å². The van der Waals surface area contributed by atoms with Crippen molar-refractivity contribution in [3.63, 3.8) is 0 Å². The second-order valence-corrected chi connectivity index (χ2v) is 5.49. The first-order chi connectivity index (χ1) is 10.5. The number of ether oxygens (including phenoxy) is 1. The highest BCUT2D eigenvalue weighted by Crippen LogP contribution is 2.34. The summed E-state index contributed by atoms with van der Waals surface area (Å²) < 4.78 is 10.0. The van der Waals surface area contributed by atoms with Crippen LogP contribution < -0.4 is 5.32 Å². The van der Waals surface area contributed by atoms with Gasteiger partial charge in [0.1, 0.15) is 12.1 Å². The number of carbonyl (C=O) groups excluding carboxylic acids is 3. The number of nitrogens with zero attached hydrogens (tertiary/aromatic N) is 3. The van der Waals surface area contributed by atoms with E-state index in [1.165, 1.54) is 0 Å². The van der Waals surface area contributed by atoms with Crippen LogP contribution in [0.5, 0.6) is 0 Å². The molecule has 118 valence electrons. The number of carbonyl (C=O) groups is 3. The van der Waals surface area contributed by atoms with Crippen molar-refractivity contribution < 1.29 is 23.5 Å². The summed E-state index contributed by atoms with van der Waals surface area (Å²) in [7, 11) is 0. The monoisotopic (exact) mass is 308 g/mol. The fraction of sp³-hybridized carbons (Fsp3) is 0.615. The average Bonchev–Trinajstić information content (AvgIpc) is 3.16. The second kappa shape index (κ2) is 5.39. The Morgan fingerprint density at radius 1 is 1.36 bits per heavy atom. The molecule has 0 unspecified atom stereocenters. The van der Waals surface area contributed by atoms with Gasteiger partial charge in [0.2, 0.25) is 5.89 Å². The quantitative estimate of drug-likeness (QED) is 0.627. The van der Waals surface area contributed by atoms with Crippen LogP contribution in [0.4, 0.5) is 4.79 Å². The van der Waals surface area contributed by atoms with Gasteiger partial charge in [0.25, 0.3) is 11.8 Å². The molecule has 0 bridgehead atoms. The van der Waals surface area contributed by atoms with Crippen LogP contribution in [0.25, 0.3) is 0 Å². The molecule has 3 rings (SSSR count). The molecule has 1 spiro atoms. The van der Waals surface area contributed by atoms with Gasteiger partial charge in [-0.1, -0.05) is 12.8 Å². The van der Waals surface area contributed by atoms with Crippen LogP contribution in [0.2, 0.25) is 0 Å². The third-order valence-corrected chi connectivity index (χ3v) is 3.91. The number of aryl methyl sites for hydroxylation is 1. The van der Waals surface area contributed by atoms with E-state index in [1.54, 1.807) is 6.92 Å². The molecule has 1 saturated heterocycles. The third kappa shape index (κ3) is 2.53. The van der Waals surface area contributed by atoms with Crippen LogP contribution in [0.3, 0.4) is 0 Å². The highest BCUT2D eigenvalue weighted by molar-refractivity contribution is 6.08. The molecule has 0 atom stereocenters. The number of esters is 1. The number of imide groups is 1. The van der Waals surface area contributed by atoms with Crippen LogP contribution in [-0.2, 0) is 20.9 Å². The van der Waals surface area contributed by atoms with Gasteiger partial charge < -0.3 is 14.5 Å². The molecule has 0 radical (unpaired) electrons. The van der Waals surface area contributed by atoms with E-state index in [1.807, 2.05) is 0 Å². The van der Waals surface area contributed by atoms with Gasteiger partial charge in [-0.2, -0.15) is 0 Å². The van der Waals surface area contributed by atoms with E-state index in [4.69, 9.17) is 9.15 Å². The zero-order chi connectivity index (χ0) is 15.7. The Morgan fingerprint density at radius 3 is 2.73 bits per heavy atom. The van der Waals surface area contributed by atoms with E-state index in [2.05, 4.69) is 15.5 Å². The molecule has 1 saturated carbocycles. The zero-order valence-corrected chi connectivity index (χ0v) is 12.1. The molecule has 3 amide bonds. The summed E-state index contributed by atoms with van der Waals surface area (Å²) in [5, 5.41) is 9.99. The van der Waals surface area contributed by atoms with Crippen molar-refractivity contribution in [2.45, 2.75) is 44.8 Å². The molecule has 1 aromatic rings. The summed E-state index contributed by atoms with van der Waals surface area (Å²) in [6.45, 7) is 1.01. The molecular formula is C13H16N4O5. The molecule has 22 heavy (non-hydrogen) atoms. The lowest BCUT2D eigenvalue weighted by Crippen LogP contribution is -2.44.